The van der Waals surface area contributed by atoms with Gasteiger partial charge >= 0.3 is 0 Å². The number of methoxy groups -OCH3 is 1. The molecule has 6 atom stereocenters. The maximum Gasteiger partial charge on any atom is 0.261 e. The number of benzene rings is 3. The normalized spacial score (nSPS) is 16.8. The molecule has 0 saturated heterocycles. The van der Waals surface area contributed by atoms with E-state index in [2.05, 4.69) is 95.3 Å². The molecule has 0 heterocycles. The third kappa shape index (κ3) is 8.08. The molecule has 0 spiro atoms. The van der Waals surface area contributed by atoms with Crippen molar-refractivity contribution >= 4 is 18.7 Å². The van der Waals surface area contributed by atoms with Crippen molar-refractivity contribution in [2.24, 2.45) is 11.8 Å². The first-order valence-corrected chi connectivity index (χ1v) is 16.7. The lowest BCUT2D eigenvalue weighted by atomic mass is 9.87. The van der Waals surface area contributed by atoms with E-state index in [9.17, 15) is 10.2 Å². The number of aliphatic hydroxyl groups is 2. The van der Waals surface area contributed by atoms with Crippen LogP contribution in [0.5, 0.6) is 5.75 Å². The molecular weight excluding hydrogens is 528 g/mol. The molecule has 6 heteroatoms. The Bertz CT molecular complexity index is 1120. The molecule has 0 aliphatic heterocycles. The summed E-state index contributed by atoms with van der Waals surface area (Å²) < 4.78 is 19.1. The molecule has 3 aromatic carbocycles. The van der Waals surface area contributed by atoms with Gasteiger partial charge in [-0.25, -0.2) is 0 Å². The Labute approximate surface area is 248 Å². The number of rotatable bonds is 14. The first-order chi connectivity index (χ1) is 19.4. The number of hydrogen-bond acceptors (Lipinski definition) is 5. The van der Waals surface area contributed by atoms with E-state index in [1.807, 2.05) is 31.2 Å². The summed E-state index contributed by atoms with van der Waals surface area (Å²) in [7, 11) is -1.06. The van der Waals surface area contributed by atoms with Gasteiger partial charge in [0.05, 0.1) is 32.0 Å². The van der Waals surface area contributed by atoms with E-state index in [0.29, 0.717) is 13.0 Å². The largest absolute Gasteiger partial charge is 0.497 e. The molecule has 3 aromatic rings. The minimum absolute atomic E-state index is 0.0794. The van der Waals surface area contributed by atoms with Crippen LogP contribution in [0.25, 0.3) is 0 Å². The van der Waals surface area contributed by atoms with Crippen molar-refractivity contribution in [3.05, 3.63) is 90.5 Å². The van der Waals surface area contributed by atoms with E-state index in [1.165, 1.54) is 10.4 Å². The monoisotopic (exact) mass is 578 g/mol. The van der Waals surface area contributed by atoms with Crippen molar-refractivity contribution in [1.82, 2.24) is 0 Å². The summed E-state index contributed by atoms with van der Waals surface area (Å²) in [5.41, 5.74) is 1.03. The molecule has 41 heavy (non-hydrogen) atoms. The minimum Gasteiger partial charge on any atom is -0.497 e. The second kappa shape index (κ2) is 14.6. The average molecular weight is 579 g/mol. The molecular formula is C35H50O5Si. The highest BCUT2D eigenvalue weighted by Crippen LogP contribution is 2.39. The van der Waals surface area contributed by atoms with Crippen LogP contribution in [0.3, 0.4) is 0 Å². The summed E-state index contributed by atoms with van der Waals surface area (Å²) in [5, 5.41) is 23.4. The lowest BCUT2D eigenvalue weighted by molar-refractivity contribution is -0.0848. The van der Waals surface area contributed by atoms with Crippen LogP contribution in [0.4, 0.5) is 0 Å². The summed E-state index contributed by atoms with van der Waals surface area (Å²) in [6.45, 7) is 15.2. The fraction of sp³-hybridized carbons (Fsp3) is 0.486. The highest BCUT2D eigenvalue weighted by atomic mass is 28.4. The second-order valence-electron chi connectivity index (χ2n) is 12.5. The smallest absolute Gasteiger partial charge is 0.261 e. The van der Waals surface area contributed by atoms with Gasteiger partial charge in [0.1, 0.15) is 5.75 Å². The molecule has 0 aromatic heterocycles. The van der Waals surface area contributed by atoms with Crippen LogP contribution >= 0.6 is 0 Å². The van der Waals surface area contributed by atoms with Crippen molar-refractivity contribution in [3.63, 3.8) is 0 Å². The maximum atomic E-state index is 10.8. The molecule has 1 unspecified atom stereocenters. The van der Waals surface area contributed by atoms with Crippen molar-refractivity contribution in [3.8, 4) is 5.75 Å². The van der Waals surface area contributed by atoms with Crippen molar-refractivity contribution in [1.29, 1.82) is 0 Å². The van der Waals surface area contributed by atoms with Gasteiger partial charge in [0, 0.05) is 12.0 Å². The molecule has 0 bridgehead atoms. The molecule has 0 fully saturated rings. The van der Waals surface area contributed by atoms with Gasteiger partial charge in [-0.3, -0.25) is 0 Å². The first-order valence-electron chi connectivity index (χ1n) is 14.8. The standard InChI is InChI=1S/C35H50O5Si/c1-25(23-33(26(2)34(37)27(3)36)39-24-29-19-21-30(38-8)22-20-29)28(4)40-41(35(5,6)7,31-15-11-9-12-16-31)32-17-13-10-14-18-32/h9-22,25-28,33-34,36-37H,23-24H2,1-8H3/t25-,26+,27-,28-,33+,34?/m0/s1. The van der Waals surface area contributed by atoms with Gasteiger partial charge in [-0.1, -0.05) is 107 Å². The van der Waals surface area contributed by atoms with Gasteiger partial charge in [0.15, 0.2) is 0 Å². The summed E-state index contributed by atoms with van der Waals surface area (Å²) >= 11 is 0. The fourth-order valence-electron chi connectivity index (χ4n) is 5.66. The van der Waals surface area contributed by atoms with Crippen LogP contribution < -0.4 is 15.1 Å². The van der Waals surface area contributed by atoms with E-state index in [-0.39, 0.29) is 29.1 Å². The van der Waals surface area contributed by atoms with Crippen molar-refractivity contribution in [2.75, 3.05) is 7.11 Å². The van der Waals surface area contributed by atoms with Crippen LogP contribution in [-0.4, -0.2) is 50.1 Å². The third-order valence-electron chi connectivity index (χ3n) is 8.43. The highest BCUT2D eigenvalue weighted by molar-refractivity contribution is 6.99. The molecule has 2 N–H and O–H groups in total. The average Bonchev–Trinajstić information content (AvgIpc) is 2.97. The quantitative estimate of drug-likeness (QED) is 0.232. The minimum atomic E-state index is -2.72. The zero-order valence-electron chi connectivity index (χ0n) is 26.1. The Hall–Kier alpha value is -2.48. The Morgan fingerprint density at radius 1 is 0.756 bits per heavy atom. The van der Waals surface area contributed by atoms with Crippen molar-refractivity contribution < 1.29 is 24.1 Å². The van der Waals surface area contributed by atoms with Crippen LogP contribution in [0.1, 0.15) is 60.5 Å². The lowest BCUT2D eigenvalue weighted by Crippen LogP contribution is -2.68. The van der Waals surface area contributed by atoms with Gasteiger partial charge in [-0.15, -0.1) is 0 Å². The van der Waals surface area contributed by atoms with Gasteiger partial charge in [0.2, 0.25) is 0 Å². The summed E-state index contributed by atoms with van der Waals surface area (Å²) in [6, 6.07) is 29.2. The molecule has 3 rings (SSSR count). The summed E-state index contributed by atoms with van der Waals surface area (Å²) in [4.78, 5) is 0. The third-order valence-corrected chi connectivity index (χ3v) is 13.6. The number of hydrogen-bond donors (Lipinski definition) is 2. The van der Waals surface area contributed by atoms with Crippen LogP contribution in [0, 0.1) is 11.8 Å². The molecule has 0 aliphatic rings. The SMILES string of the molecule is COc1ccc(CO[C@H](C[C@H](C)[C@H](C)O[Si](c2ccccc2)(c2ccccc2)C(C)(C)C)[C@@H](C)C(O)[C@H](C)O)cc1. The Balaban J connectivity index is 1.89. The molecule has 0 aliphatic carbocycles. The zero-order chi connectivity index (χ0) is 30.2. The summed E-state index contributed by atoms with van der Waals surface area (Å²) in [5.74, 6) is 0.656. The first kappa shape index (κ1) is 33.0. The van der Waals surface area contributed by atoms with Gasteiger partial charge < -0.3 is 24.1 Å². The Morgan fingerprint density at radius 3 is 1.71 bits per heavy atom. The lowest BCUT2D eigenvalue weighted by Gasteiger charge is -2.46. The molecule has 0 radical (unpaired) electrons. The summed E-state index contributed by atoms with van der Waals surface area (Å²) in [6.07, 6.45) is -1.42. The fourth-order valence-corrected chi connectivity index (χ4v) is 10.5. The maximum absolute atomic E-state index is 10.8. The molecule has 0 amide bonds. The Morgan fingerprint density at radius 2 is 1.27 bits per heavy atom. The van der Waals surface area contributed by atoms with Crippen LogP contribution in [-0.2, 0) is 15.8 Å². The van der Waals surface area contributed by atoms with Gasteiger partial charge in [-0.2, -0.15) is 0 Å². The predicted octanol–water partition coefficient (Wildman–Crippen LogP) is 5.95. The zero-order valence-corrected chi connectivity index (χ0v) is 27.1. The highest BCUT2D eigenvalue weighted by Gasteiger charge is 2.51. The van der Waals surface area contributed by atoms with E-state index >= 15 is 0 Å². The van der Waals surface area contributed by atoms with E-state index < -0.39 is 20.5 Å². The van der Waals surface area contributed by atoms with Gasteiger partial charge in [-0.05, 0) is 59.3 Å². The molecule has 5 nitrogen and oxygen atoms in total. The van der Waals surface area contributed by atoms with Gasteiger partial charge in [0.25, 0.3) is 8.32 Å². The Kier molecular flexibility index (Phi) is 11.8. The molecule has 224 valence electrons. The molecule has 0 saturated carbocycles. The predicted molar refractivity (Wildman–Crippen MR) is 170 cm³/mol. The van der Waals surface area contributed by atoms with Crippen LogP contribution in [0.2, 0.25) is 5.04 Å². The second-order valence-corrected chi connectivity index (χ2v) is 16.7. The topological polar surface area (TPSA) is 68.2 Å². The van der Waals surface area contributed by atoms with Crippen LogP contribution in [0.15, 0.2) is 84.9 Å². The van der Waals surface area contributed by atoms with E-state index in [0.717, 1.165) is 11.3 Å². The number of aliphatic hydroxyl groups excluding tert-OH is 2. The number of ether oxygens (including phenoxy) is 2. The van der Waals surface area contributed by atoms with E-state index in [4.69, 9.17) is 13.9 Å². The van der Waals surface area contributed by atoms with E-state index in [1.54, 1.807) is 14.0 Å². The van der Waals surface area contributed by atoms with Crippen molar-refractivity contribution in [2.45, 2.75) is 90.9 Å².